The SMILES string of the molecule is COc1ccc(S(=O)(=O)C(F)(F)F)c(N)c1Br. The van der Waals surface area contributed by atoms with Crippen LogP contribution in [0.1, 0.15) is 0 Å². The summed E-state index contributed by atoms with van der Waals surface area (Å²) in [6, 6.07) is 1.83. The van der Waals surface area contributed by atoms with E-state index in [0.717, 1.165) is 12.1 Å². The van der Waals surface area contributed by atoms with Gasteiger partial charge >= 0.3 is 5.51 Å². The number of sulfone groups is 1. The number of ether oxygens (including phenoxy) is 1. The van der Waals surface area contributed by atoms with Crippen molar-refractivity contribution in [3.05, 3.63) is 16.6 Å². The van der Waals surface area contributed by atoms with Gasteiger partial charge in [0.2, 0.25) is 0 Å². The number of alkyl halides is 3. The van der Waals surface area contributed by atoms with Gasteiger partial charge in [0.25, 0.3) is 9.84 Å². The van der Waals surface area contributed by atoms with Crippen LogP contribution in [0, 0.1) is 0 Å². The molecular weight excluding hydrogens is 327 g/mol. The highest BCUT2D eigenvalue weighted by Gasteiger charge is 2.48. The normalized spacial score (nSPS) is 12.5. The summed E-state index contributed by atoms with van der Waals surface area (Å²) in [4.78, 5) is -1.00. The molecule has 17 heavy (non-hydrogen) atoms. The van der Waals surface area contributed by atoms with Gasteiger partial charge in [0.15, 0.2) is 0 Å². The smallest absolute Gasteiger partial charge is 0.495 e. The van der Waals surface area contributed by atoms with Crippen LogP contribution in [-0.4, -0.2) is 21.0 Å². The van der Waals surface area contributed by atoms with E-state index in [-0.39, 0.29) is 10.2 Å². The van der Waals surface area contributed by atoms with Gasteiger partial charge in [0, 0.05) is 0 Å². The summed E-state index contributed by atoms with van der Waals surface area (Å²) in [6.45, 7) is 0. The minimum atomic E-state index is -5.47. The molecule has 0 aromatic heterocycles. The molecular formula is C8H7BrF3NO3S. The van der Waals surface area contributed by atoms with Crippen LogP contribution in [-0.2, 0) is 9.84 Å². The van der Waals surface area contributed by atoms with Crippen LogP contribution in [0.4, 0.5) is 18.9 Å². The Hall–Kier alpha value is -0.960. The second-order valence-electron chi connectivity index (χ2n) is 2.94. The molecule has 4 nitrogen and oxygen atoms in total. The fourth-order valence-corrected chi connectivity index (χ4v) is 2.60. The predicted molar refractivity (Wildman–Crippen MR) is 58.3 cm³/mol. The largest absolute Gasteiger partial charge is 0.501 e. The number of anilines is 1. The van der Waals surface area contributed by atoms with Crippen molar-refractivity contribution in [2.75, 3.05) is 12.8 Å². The van der Waals surface area contributed by atoms with Crippen LogP contribution in [0.2, 0.25) is 0 Å². The molecule has 0 saturated carbocycles. The van der Waals surface area contributed by atoms with Gasteiger partial charge in [-0.2, -0.15) is 13.2 Å². The molecule has 96 valence electrons. The van der Waals surface area contributed by atoms with E-state index in [1.54, 1.807) is 0 Å². The Kier molecular flexibility index (Phi) is 3.63. The Morgan fingerprint density at radius 3 is 2.29 bits per heavy atom. The summed E-state index contributed by atoms with van der Waals surface area (Å²) in [5, 5.41) is 0. The molecule has 0 atom stereocenters. The molecule has 0 heterocycles. The van der Waals surface area contributed by atoms with Crippen molar-refractivity contribution in [3.8, 4) is 5.75 Å². The lowest BCUT2D eigenvalue weighted by molar-refractivity contribution is -0.0435. The quantitative estimate of drug-likeness (QED) is 0.843. The van der Waals surface area contributed by atoms with Crippen LogP contribution in [0.3, 0.4) is 0 Å². The highest BCUT2D eigenvalue weighted by molar-refractivity contribution is 9.10. The number of hydrogen-bond acceptors (Lipinski definition) is 4. The zero-order valence-electron chi connectivity index (χ0n) is 8.38. The van der Waals surface area contributed by atoms with Gasteiger partial charge in [-0.25, -0.2) is 8.42 Å². The lowest BCUT2D eigenvalue weighted by atomic mass is 10.3. The summed E-state index contributed by atoms with van der Waals surface area (Å²) in [7, 11) is -4.19. The maximum Gasteiger partial charge on any atom is 0.501 e. The van der Waals surface area contributed by atoms with Gasteiger partial charge in [0.05, 0.1) is 17.3 Å². The number of nitrogens with two attached hydrogens (primary N) is 1. The zero-order chi connectivity index (χ0) is 13.4. The molecule has 0 radical (unpaired) electrons. The topological polar surface area (TPSA) is 69.4 Å². The van der Waals surface area contributed by atoms with Crippen molar-refractivity contribution in [2.24, 2.45) is 0 Å². The van der Waals surface area contributed by atoms with E-state index < -0.39 is 25.9 Å². The van der Waals surface area contributed by atoms with Crippen LogP contribution in [0.5, 0.6) is 5.75 Å². The number of hydrogen-bond donors (Lipinski definition) is 1. The Morgan fingerprint density at radius 2 is 1.88 bits per heavy atom. The molecule has 1 aromatic carbocycles. The average molecular weight is 334 g/mol. The van der Waals surface area contributed by atoms with E-state index in [4.69, 9.17) is 10.5 Å². The van der Waals surface area contributed by atoms with Gasteiger partial charge in [-0.1, -0.05) is 0 Å². The number of methoxy groups -OCH3 is 1. The number of rotatable bonds is 2. The maximum atomic E-state index is 12.3. The molecule has 0 saturated heterocycles. The van der Waals surface area contributed by atoms with Crippen molar-refractivity contribution in [3.63, 3.8) is 0 Å². The summed E-state index contributed by atoms with van der Waals surface area (Å²) < 4.78 is 64.0. The van der Waals surface area contributed by atoms with Crippen molar-refractivity contribution in [1.82, 2.24) is 0 Å². The monoisotopic (exact) mass is 333 g/mol. The summed E-state index contributed by atoms with van der Waals surface area (Å²) in [5.74, 6) is 0.142. The maximum absolute atomic E-state index is 12.3. The summed E-state index contributed by atoms with van der Waals surface area (Å²) >= 11 is 2.87. The number of nitrogen functional groups attached to an aromatic ring is 1. The first-order valence-electron chi connectivity index (χ1n) is 4.06. The fraction of sp³-hybridized carbons (Fsp3) is 0.250. The van der Waals surface area contributed by atoms with Crippen LogP contribution in [0.15, 0.2) is 21.5 Å². The predicted octanol–water partition coefficient (Wildman–Crippen LogP) is 2.33. The second-order valence-corrected chi connectivity index (χ2v) is 5.65. The molecule has 0 amide bonds. The Morgan fingerprint density at radius 1 is 1.35 bits per heavy atom. The van der Waals surface area contributed by atoms with Crippen LogP contribution in [0.25, 0.3) is 0 Å². The third-order valence-electron chi connectivity index (χ3n) is 1.92. The lowest BCUT2D eigenvalue weighted by Gasteiger charge is -2.13. The van der Waals surface area contributed by atoms with Gasteiger partial charge in [-0.3, -0.25) is 0 Å². The van der Waals surface area contributed by atoms with E-state index in [1.165, 1.54) is 7.11 Å². The molecule has 2 N–H and O–H groups in total. The van der Waals surface area contributed by atoms with Crippen molar-refractivity contribution in [1.29, 1.82) is 0 Å². The third kappa shape index (κ3) is 2.34. The molecule has 0 aliphatic carbocycles. The Balaban J connectivity index is 3.51. The fourth-order valence-electron chi connectivity index (χ4n) is 1.07. The molecule has 0 aliphatic rings. The molecule has 1 aromatic rings. The Labute approximate surface area is 104 Å². The third-order valence-corrected chi connectivity index (χ3v) is 4.28. The molecule has 0 bridgehead atoms. The molecule has 0 unspecified atom stereocenters. The second kappa shape index (κ2) is 4.37. The van der Waals surface area contributed by atoms with E-state index in [9.17, 15) is 21.6 Å². The number of halogens is 4. The van der Waals surface area contributed by atoms with Gasteiger partial charge in [-0.15, -0.1) is 0 Å². The standard InChI is InChI=1S/C8H7BrF3NO3S/c1-16-4-2-3-5(7(13)6(4)9)17(14,15)8(10,11)12/h2-3H,13H2,1H3. The van der Waals surface area contributed by atoms with Gasteiger partial charge in [0.1, 0.15) is 10.6 Å². The minimum absolute atomic E-state index is 0.0367. The van der Waals surface area contributed by atoms with E-state index in [2.05, 4.69) is 15.9 Å². The molecule has 0 spiro atoms. The zero-order valence-corrected chi connectivity index (χ0v) is 10.8. The van der Waals surface area contributed by atoms with Crippen molar-refractivity contribution >= 4 is 31.5 Å². The first-order chi connectivity index (χ1) is 7.63. The van der Waals surface area contributed by atoms with Crippen molar-refractivity contribution in [2.45, 2.75) is 10.4 Å². The molecule has 9 heteroatoms. The summed E-state index contributed by atoms with van der Waals surface area (Å²) in [6.07, 6.45) is 0. The molecule has 0 fully saturated rings. The van der Waals surface area contributed by atoms with Gasteiger partial charge < -0.3 is 10.5 Å². The number of benzene rings is 1. The van der Waals surface area contributed by atoms with E-state index >= 15 is 0 Å². The summed E-state index contributed by atoms with van der Waals surface area (Å²) in [5.41, 5.74) is -0.598. The highest BCUT2D eigenvalue weighted by Crippen LogP contribution is 2.40. The lowest BCUT2D eigenvalue weighted by Crippen LogP contribution is -2.24. The van der Waals surface area contributed by atoms with Gasteiger partial charge in [-0.05, 0) is 28.1 Å². The van der Waals surface area contributed by atoms with E-state index in [1.807, 2.05) is 0 Å². The van der Waals surface area contributed by atoms with Crippen molar-refractivity contribution < 1.29 is 26.3 Å². The average Bonchev–Trinajstić information content (AvgIpc) is 2.20. The van der Waals surface area contributed by atoms with E-state index in [0.29, 0.717) is 0 Å². The van der Waals surface area contributed by atoms with Crippen LogP contribution < -0.4 is 10.5 Å². The first-order valence-corrected chi connectivity index (χ1v) is 6.34. The highest BCUT2D eigenvalue weighted by atomic mass is 79.9. The first kappa shape index (κ1) is 14.1. The minimum Gasteiger partial charge on any atom is -0.495 e. The molecule has 0 aliphatic heterocycles. The molecule has 1 rings (SSSR count). The van der Waals surface area contributed by atoms with Crippen LogP contribution >= 0.6 is 15.9 Å². The Bertz CT molecular complexity index is 542.